The fourth-order valence-electron chi connectivity index (χ4n) is 1.05. The maximum Gasteiger partial charge on any atom is 0.420 e. The van der Waals surface area contributed by atoms with Crippen molar-refractivity contribution in [2.75, 3.05) is 0 Å². The predicted molar refractivity (Wildman–Crippen MR) is 49.8 cm³/mol. The Morgan fingerprint density at radius 1 is 1.40 bits per heavy atom. The van der Waals surface area contributed by atoms with Crippen LogP contribution in [0.4, 0.5) is 13.2 Å². The van der Waals surface area contributed by atoms with Gasteiger partial charge in [0, 0.05) is 0 Å². The summed E-state index contributed by atoms with van der Waals surface area (Å²) in [4.78, 5) is 4.22. The van der Waals surface area contributed by atoms with Gasteiger partial charge in [-0.25, -0.2) is 5.90 Å². The zero-order valence-corrected chi connectivity index (χ0v) is 8.89. The molecular weight excluding hydrogens is 279 g/mol. The summed E-state index contributed by atoms with van der Waals surface area (Å²) in [6, 6.07) is 2.09. The molecule has 84 valence electrons. The normalized spacial score (nSPS) is 11.8. The second-order valence-corrected chi connectivity index (χ2v) is 3.64. The first-order chi connectivity index (χ1) is 6.86. The Kier molecular flexibility index (Phi) is 3.58. The van der Waals surface area contributed by atoms with Crippen LogP contribution < -0.4 is 5.90 Å². The van der Waals surface area contributed by atoms with Gasteiger partial charge in [-0.05, 0) is 33.6 Å². The minimum absolute atomic E-state index is 0.0515. The quantitative estimate of drug-likeness (QED) is 0.821. The average Bonchev–Trinajstić information content (AvgIpc) is 2.09. The van der Waals surface area contributed by atoms with Crippen molar-refractivity contribution in [1.29, 1.82) is 0 Å². The van der Waals surface area contributed by atoms with Gasteiger partial charge in [-0.2, -0.15) is 13.2 Å². The molecule has 0 radical (unpaired) electrons. The molecule has 0 bridgehead atoms. The molecule has 0 fully saturated rings. The van der Waals surface area contributed by atoms with E-state index in [9.17, 15) is 18.3 Å². The number of halogens is 4. The van der Waals surface area contributed by atoms with Crippen molar-refractivity contribution in [2.24, 2.45) is 5.90 Å². The minimum Gasteiger partial charge on any atom is -0.506 e. The maximum atomic E-state index is 12.4. The summed E-state index contributed by atoms with van der Waals surface area (Å²) in [6.07, 6.45) is -4.61. The highest BCUT2D eigenvalue weighted by molar-refractivity contribution is 9.10. The van der Waals surface area contributed by atoms with E-state index in [2.05, 4.69) is 20.8 Å². The largest absolute Gasteiger partial charge is 0.506 e. The van der Waals surface area contributed by atoms with Crippen LogP contribution in [0.15, 0.2) is 16.6 Å². The molecule has 0 saturated heterocycles. The zero-order valence-electron chi connectivity index (χ0n) is 7.31. The van der Waals surface area contributed by atoms with Crippen molar-refractivity contribution in [1.82, 2.24) is 0 Å². The van der Waals surface area contributed by atoms with Crippen molar-refractivity contribution in [3.63, 3.8) is 0 Å². The van der Waals surface area contributed by atoms with Gasteiger partial charge in [0.05, 0.1) is 16.6 Å². The van der Waals surface area contributed by atoms with Crippen LogP contribution in [0.2, 0.25) is 0 Å². The lowest BCUT2D eigenvalue weighted by Gasteiger charge is -2.12. The number of benzene rings is 1. The van der Waals surface area contributed by atoms with E-state index in [1.54, 1.807) is 0 Å². The van der Waals surface area contributed by atoms with Crippen LogP contribution in [0.25, 0.3) is 0 Å². The standard InChI is InChI=1S/C8H7BrF3NO2/c9-6-2-4(3-15-13)1-5(7(6)14)8(10,11)12/h1-2,14H,3,13H2. The number of phenolic OH excluding ortho intramolecular Hbond substituents is 1. The molecule has 0 aliphatic rings. The van der Waals surface area contributed by atoms with Crippen LogP contribution in [-0.2, 0) is 17.6 Å². The molecule has 0 aliphatic heterocycles. The average molecular weight is 286 g/mol. The fourth-order valence-corrected chi connectivity index (χ4v) is 1.56. The molecule has 1 aromatic rings. The first-order valence-corrected chi connectivity index (χ1v) is 4.56. The third-order valence-electron chi connectivity index (χ3n) is 1.68. The molecule has 0 unspecified atom stereocenters. The smallest absolute Gasteiger partial charge is 0.420 e. The van der Waals surface area contributed by atoms with E-state index in [4.69, 9.17) is 5.90 Å². The van der Waals surface area contributed by atoms with Crippen LogP contribution in [-0.4, -0.2) is 5.11 Å². The van der Waals surface area contributed by atoms with E-state index in [1.807, 2.05) is 0 Å². The molecule has 0 aromatic heterocycles. The van der Waals surface area contributed by atoms with Crippen LogP contribution in [0.5, 0.6) is 5.75 Å². The molecule has 1 aromatic carbocycles. The van der Waals surface area contributed by atoms with Gasteiger partial charge in [-0.1, -0.05) is 0 Å². The van der Waals surface area contributed by atoms with E-state index in [0.717, 1.165) is 6.07 Å². The topological polar surface area (TPSA) is 55.5 Å². The van der Waals surface area contributed by atoms with Gasteiger partial charge >= 0.3 is 6.18 Å². The van der Waals surface area contributed by atoms with Gasteiger partial charge in [0.25, 0.3) is 0 Å². The molecular formula is C8H7BrF3NO2. The zero-order chi connectivity index (χ0) is 11.6. The Balaban J connectivity index is 3.25. The molecule has 0 atom stereocenters. The molecule has 15 heavy (non-hydrogen) atoms. The Morgan fingerprint density at radius 3 is 2.47 bits per heavy atom. The van der Waals surface area contributed by atoms with E-state index < -0.39 is 17.5 Å². The summed E-state index contributed by atoms with van der Waals surface area (Å²) < 4.78 is 37.1. The summed E-state index contributed by atoms with van der Waals surface area (Å²) >= 11 is 2.81. The first-order valence-electron chi connectivity index (χ1n) is 3.76. The van der Waals surface area contributed by atoms with Crippen molar-refractivity contribution < 1.29 is 23.1 Å². The minimum atomic E-state index is -4.61. The summed E-state index contributed by atoms with van der Waals surface area (Å²) in [5.74, 6) is 3.90. The maximum absolute atomic E-state index is 12.4. The van der Waals surface area contributed by atoms with E-state index in [-0.39, 0.29) is 16.6 Å². The summed E-state index contributed by atoms with van der Waals surface area (Å²) in [6.45, 7) is -0.165. The second-order valence-electron chi connectivity index (χ2n) is 2.78. The number of hydrogen-bond acceptors (Lipinski definition) is 3. The number of alkyl halides is 3. The summed E-state index contributed by atoms with van der Waals surface area (Å²) in [7, 11) is 0. The molecule has 7 heteroatoms. The number of rotatable bonds is 2. The van der Waals surface area contributed by atoms with Crippen LogP contribution in [0.1, 0.15) is 11.1 Å². The first kappa shape index (κ1) is 12.3. The van der Waals surface area contributed by atoms with E-state index in [1.165, 1.54) is 6.07 Å². The van der Waals surface area contributed by atoms with Crippen molar-refractivity contribution >= 4 is 15.9 Å². The SMILES string of the molecule is NOCc1cc(Br)c(O)c(C(F)(F)F)c1. The number of aromatic hydroxyl groups is 1. The van der Waals surface area contributed by atoms with E-state index >= 15 is 0 Å². The monoisotopic (exact) mass is 285 g/mol. The summed E-state index contributed by atoms with van der Waals surface area (Å²) in [5, 5.41) is 9.19. The highest BCUT2D eigenvalue weighted by Gasteiger charge is 2.35. The lowest BCUT2D eigenvalue weighted by Crippen LogP contribution is -2.07. The molecule has 3 N–H and O–H groups in total. The Bertz CT molecular complexity index is 368. The Labute approximate surface area is 91.7 Å². The third-order valence-corrected chi connectivity index (χ3v) is 2.28. The van der Waals surface area contributed by atoms with Gasteiger partial charge in [0.2, 0.25) is 0 Å². The highest BCUT2D eigenvalue weighted by Crippen LogP contribution is 2.40. The molecule has 0 saturated carbocycles. The Hall–Kier alpha value is -0.790. The molecule has 0 aliphatic carbocycles. The highest BCUT2D eigenvalue weighted by atomic mass is 79.9. The lowest BCUT2D eigenvalue weighted by atomic mass is 10.1. The Morgan fingerprint density at radius 2 is 2.00 bits per heavy atom. The molecule has 0 spiro atoms. The molecule has 1 rings (SSSR count). The second kappa shape index (κ2) is 4.38. The van der Waals surface area contributed by atoms with Gasteiger partial charge in [0.1, 0.15) is 5.75 Å². The van der Waals surface area contributed by atoms with Crippen molar-refractivity contribution in [3.8, 4) is 5.75 Å². The van der Waals surface area contributed by atoms with Crippen LogP contribution in [0.3, 0.4) is 0 Å². The van der Waals surface area contributed by atoms with Crippen LogP contribution >= 0.6 is 15.9 Å². The van der Waals surface area contributed by atoms with Gasteiger partial charge < -0.3 is 5.11 Å². The van der Waals surface area contributed by atoms with Gasteiger partial charge in [-0.15, -0.1) is 0 Å². The molecule has 0 amide bonds. The van der Waals surface area contributed by atoms with E-state index in [0.29, 0.717) is 0 Å². The van der Waals surface area contributed by atoms with Crippen molar-refractivity contribution in [3.05, 3.63) is 27.7 Å². The van der Waals surface area contributed by atoms with Crippen LogP contribution in [0, 0.1) is 0 Å². The number of nitrogens with two attached hydrogens (primary N) is 1. The summed E-state index contributed by atoms with van der Waals surface area (Å²) in [5.41, 5.74) is -0.904. The number of phenols is 1. The molecule has 3 nitrogen and oxygen atoms in total. The van der Waals surface area contributed by atoms with Gasteiger partial charge in [0.15, 0.2) is 0 Å². The third kappa shape index (κ3) is 2.83. The molecule has 0 heterocycles. The van der Waals surface area contributed by atoms with Gasteiger partial charge in [-0.3, -0.25) is 4.84 Å². The predicted octanol–water partition coefficient (Wildman–Crippen LogP) is 2.56. The fraction of sp³-hybridized carbons (Fsp3) is 0.250. The number of hydrogen-bond donors (Lipinski definition) is 2. The lowest BCUT2D eigenvalue weighted by molar-refractivity contribution is -0.138. The van der Waals surface area contributed by atoms with Crippen molar-refractivity contribution in [2.45, 2.75) is 12.8 Å².